The monoisotopic (exact) mass is 590 g/mol. The van der Waals surface area contributed by atoms with Gasteiger partial charge in [-0.1, -0.05) is 0 Å². The summed E-state index contributed by atoms with van der Waals surface area (Å²) in [4.78, 5) is 36.6. The molecule has 2 N–H and O–H groups in total. The lowest BCUT2D eigenvalue weighted by Crippen LogP contribution is -2.34. The Morgan fingerprint density at radius 1 is 0.795 bits per heavy atom. The summed E-state index contributed by atoms with van der Waals surface area (Å²) in [5.41, 5.74) is 3.47. The summed E-state index contributed by atoms with van der Waals surface area (Å²) in [5, 5.41) is 20.6. The first-order valence-corrected chi connectivity index (χ1v) is 14.5. The molecule has 2 saturated carbocycles. The second-order valence-electron chi connectivity index (χ2n) is 12.5. The number of hydrogen-bond donors (Lipinski definition) is 2. The number of hydrogen-bond acceptors (Lipinski definition) is 8. The van der Waals surface area contributed by atoms with Gasteiger partial charge in [-0.2, -0.15) is 10.5 Å². The van der Waals surface area contributed by atoms with Crippen LogP contribution in [-0.2, 0) is 19.1 Å². The van der Waals surface area contributed by atoms with Gasteiger partial charge < -0.3 is 29.2 Å². The molecule has 2 aliphatic rings. The van der Waals surface area contributed by atoms with Crippen LogP contribution in [-0.4, -0.2) is 84.2 Å². The Morgan fingerprint density at radius 3 is 1.57 bits per heavy atom. The molecule has 6 rings (SSSR count). The van der Waals surface area contributed by atoms with Gasteiger partial charge in [0, 0.05) is 71.3 Å². The van der Waals surface area contributed by atoms with Crippen molar-refractivity contribution < 1.29 is 19.1 Å². The van der Waals surface area contributed by atoms with E-state index in [-0.39, 0.29) is 11.8 Å². The molecule has 0 radical (unpaired) electrons. The van der Waals surface area contributed by atoms with Crippen molar-refractivity contribution in [2.45, 2.75) is 35.9 Å². The highest BCUT2D eigenvalue weighted by Gasteiger charge is 2.60. The van der Waals surface area contributed by atoms with Gasteiger partial charge in [-0.15, -0.1) is 0 Å². The third-order valence-electron chi connectivity index (χ3n) is 8.62. The van der Waals surface area contributed by atoms with Crippen LogP contribution in [0.3, 0.4) is 0 Å². The highest BCUT2D eigenvalue weighted by atomic mass is 16.6. The minimum Gasteiger partial charge on any atom is -0.454 e. The number of fused-ring (bicyclic) bond motifs is 2. The van der Waals surface area contributed by atoms with Crippen molar-refractivity contribution in [1.29, 1.82) is 10.5 Å². The van der Waals surface area contributed by atoms with Crippen LogP contribution >= 0.6 is 0 Å². The van der Waals surface area contributed by atoms with Gasteiger partial charge in [-0.25, -0.2) is 9.59 Å². The third kappa shape index (κ3) is 5.46. The highest BCUT2D eigenvalue weighted by molar-refractivity contribution is 5.93. The number of nitrogens with zero attached hydrogens (tertiary/aromatic N) is 4. The number of H-pyrrole nitrogens is 2. The Hall–Kier alpha value is -4.90. The summed E-state index contributed by atoms with van der Waals surface area (Å²) >= 11 is 0. The molecule has 0 spiro atoms. The Labute approximate surface area is 255 Å². The Balaban J connectivity index is 1.16. The second kappa shape index (κ2) is 11.0. The maximum atomic E-state index is 13.1. The molecular weight excluding hydrogens is 556 g/mol. The van der Waals surface area contributed by atoms with Crippen molar-refractivity contribution in [1.82, 2.24) is 19.8 Å². The number of aromatic amines is 2. The van der Waals surface area contributed by atoms with E-state index >= 15 is 0 Å². The topological polar surface area (TPSA) is 138 Å². The number of rotatable bonds is 10. The van der Waals surface area contributed by atoms with E-state index in [9.17, 15) is 20.1 Å². The predicted molar refractivity (Wildman–Crippen MR) is 165 cm³/mol. The Morgan fingerprint density at radius 2 is 1.20 bits per heavy atom. The molecule has 4 aromatic rings. The molecule has 224 valence electrons. The molecule has 2 fully saturated rings. The van der Waals surface area contributed by atoms with Crippen LogP contribution in [0.2, 0.25) is 0 Å². The molecular formula is C34H34N6O4. The van der Waals surface area contributed by atoms with Crippen molar-refractivity contribution in [3.63, 3.8) is 0 Å². The first kappa shape index (κ1) is 29.2. The normalized spacial score (nSPS) is 24.1. The van der Waals surface area contributed by atoms with Gasteiger partial charge in [0.05, 0.1) is 23.3 Å². The summed E-state index contributed by atoms with van der Waals surface area (Å²) in [6, 6.07) is 15.4. The van der Waals surface area contributed by atoms with Crippen molar-refractivity contribution >= 4 is 33.7 Å². The maximum Gasteiger partial charge on any atom is 0.331 e. The molecule has 2 aliphatic carbocycles. The molecule has 0 amide bonds. The molecule has 10 nitrogen and oxygen atoms in total. The quantitative estimate of drug-likeness (QED) is 0.206. The smallest absolute Gasteiger partial charge is 0.331 e. The largest absolute Gasteiger partial charge is 0.454 e. The number of carbonyl (C=O) groups is 2. The molecule has 0 aliphatic heterocycles. The van der Waals surface area contributed by atoms with E-state index in [0.29, 0.717) is 37.1 Å². The molecule has 0 bridgehead atoms. The van der Waals surface area contributed by atoms with Crippen LogP contribution in [0.25, 0.3) is 21.8 Å². The summed E-state index contributed by atoms with van der Waals surface area (Å²) < 4.78 is 12.0. The standard InChI is InChI=1S/C34H34N6O4/c1-39(2)19-33(13-27(33)25-17-37-29-7-5-21(15-35)11-23(25)29)43-31(41)9-10-32(42)44-34(20-40(3)4)14-28(34)26-18-38-30-8-6-22(16-36)12-24(26)30/h5-12,17-18,27-28,37-38H,13-14,19-20H2,1-4H3/b10-9-/t27-,28-,33-,34-/m0/s1. The lowest BCUT2D eigenvalue weighted by atomic mass is 10.0. The average molecular weight is 591 g/mol. The van der Waals surface area contributed by atoms with Crippen LogP contribution in [0.15, 0.2) is 60.9 Å². The molecule has 0 saturated heterocycles. The molecule has 0 unspecified atom stereocenters. The van der Waals surface area contributed by atoms with Crippen molar-refractivity contribution in [2.75, 3.05) is 41.3 Å². The fourth-order valence-corrected chi connectivity index (χ4v) is 6.67. The first-order chi connectivity index (χ1) is 21.1. The lowest BCUT2D eigenvalue weighted by Gasteiger charge is -2.22. The fourth-order valence-electron chi connectivity index (χ4n) is 6.67. The van der Waals surface area contributed by atoms with Crippen LogP contribution in [0.1, 0.15) is 46.9 Å². The van der Waals surface area contributed by atoms with E-state index in [1.54, 1.807) is 12.1 Å². The number of esters is 2. The van der Waals surface area contributed by atoms with Crippen LogP contribution in [0.5, 0.6) is 0 Å². The molecule has 2 aromatic heterocycles. The lowest BCUT2D eigenvalue weighted by molar-refractivity contribution is -0.149. The fraction of sp³-hybridized carbons (Fsp3) is 0.353. The van der Waals surface area contributed by atoms with E-state index in [2.05, 4.69) is 22.1 Å². The van der Waals surface area contributed by atoms with E-state index in [1.165, 1.54) is 0 Å². The van der Waals surface area contributed by atoms with Crippen LogP contribution < -0.4 is 0 Å². The van der Waals surface area contributed by atoms with Gasteiger partial charge in [0.2, 0.25) is 0 Å². The predicted octanol–water partition coefficient (Wildman–Crippen LogP) is 4.31. The third-order valence-corrected chi connectivity index (χ3v) is 8.62. The second-order valence-corrected chi connectivity index (χ2v) is 12.5. The highest BCUT2D eigenvalue weighted by Crippen LogP contribution is 2.57. The number of nitriles is 2. The minimum atomic E-state index is -0.752. The maximum absolute atomic E-state index is 13.1. The van der Waals surface area contributed by atoms with Gasteiger partial charge in [0.1, 0.15) is 11.2 Å². The molecule has 4 atom stereocenters. The number of likely N-dealkylation sites (N-methyl/N-ethyl adjacent to an activating group) is 2. The SMILES string of the molecule is CN(C)C[C@@]1(OC(=O)/C=C\C(=O)O[C@]2(CN(C)C)C[C@H]2c2c[nH]c3ccc(C#N)cc23)C[C@H]1c1c[nH]c2ccc(C#N)cc12. The van der Waals surface area contributed by atoms with Crippen molar-refractivity contribution in [2.24, 2.45) is 0 Å². The van der Waals surface area contributed by atoms with Gasteiger partial charge in [0.15, 0.2) is 0 Å². The van der Waals surface area contributed by atoms with Crippen molar-refractivity contribution in [3.05, 3.63) is 83.2 Å². The van der Waals surface area contributed by atoms with Crippen molar-refractivity contribution in [3.8, 4) is 12.1 Å². The molecule has 2 heterocycles. The Kier molecular flexibility index (Phi) is 7.28. The van der Waals surface area contributed by atoms with Crippen LogP contribution in [0, 0.1) is 22.7 Å². The summed E-state index contributed by atoms with van der Waals surface area (Å²) in [5.74, 6) is -1.33. The van der Waals surface area contributed by atoms with Crippen LogP contribution in [0.4, 0.5) is 0 Å². The van der Waals surface area contributed by atoms with E-state index in [4.69, 9.17) is 9.47 Å². The van der Waals surface area contributed by atoms with E-state index < -0.39 is 23.1 Å². The summed E-state index contributed by atoms with van der Waals surface area (Å²) in [6.07, 6.45) is 7.38. The van der Waals surface area contributed by atoms with Gasteiger partial charge in [-0.05, 0) is 88.6 Å². The Bertz CT molecular complexity index is 1750. The summed E-state index contributed by atoms with van der Waals surface area (Å²) in [7, 11) is 7.69. The first-order valence-electron chi connectivity index (χ1n) is 14.5. The summed E-state index contributed by atoms with van der Waals surface area (Å²) in [6.45, 7) is 1.02. The molecule has 10 heteroatoms. The zero-order chi connectivity index (χ0) is 31.2. The number of carbonyl (C=O) groups excluding carboxylic acids is 2. The van der Waals surface area contributed by atoms with E-state index in [0.717, 1.165) is 45.1 Å². The zero-order valence-electron chi connectivity index (χ0n) is 25.2. The number of benzene rings is 2. The molecule has 44 heavy (non-hydrogen) atoms. The number of aromatic nitrogens is 2. The number of ether oxygens (including phenoxy) is 2. The van der Waals surface area contributed by atoms with Gasteiger partial charge >= 0.3 is 11.9 Å². The van der Waals surface area contributed by atoms with Gasteiger partial charge in [-0.3, -0.25) is 0 Å². The van der Waals surface area contributed by atoms with Gasteiger partial charge in [0.25, 0.3) is 0 Å². The number of nitrogens with one attached hydrogen (secondary N) is 2. The zero-order valence-corrected chi connectivity index (χ0v) is 25.2. The molecule has 2 aromatic carbocycles. The minimum absolute atomic E-state index is 0.0507. The van der Waals surface area contributed by atoms with E-state index in [1.807, 2.05) is 74.6 Å². The average Bonchev–Trinajstić information content (AvgIpc) is 3.70.